The fourth-order valence-electron chi connectivity index (χ4n) is 2.31. The molecule has 0 saturated heterocycles. The summed E-state index contributed by atoms with van der Waals surface area (Å²) in [5.74, 6) is -0.106. The fourth-order valence-corrected chi connectivity index (χ4v) is 3.11. The van der Waals surface area contributed by atoms with Gasteiger partial charge in [0.15, 0.2) is 0 Å². The van der Waals surface area contributed by atoms with Crippen LogP contribution >= 0.6 is 11.6 Å². The molecule has 0 aliphatic rings. The van der Waals surface area contributed by atoms with Gasteiger partial charge in [0.1, 0.15) is 0 Å². The van der Waals surface area contributed by atoms with E-state index in [1.807, 2.05) is 25.1 Å². The van der Waals surface area contributed by atoms with Crippen LogP contribution in [0.25, 0.3) is 0 Å². The SMILES string of the molecule is Cc1ccc(CCC(=O)NCc2ccccc2NS(C)(=O)=O)cc1Cl. The number of anilines is 1. The highest BCUT2D eigenvalue weighted by Gasteiger charge is 2.09. The predicted octanol–water partition coefficient (Wildman–Crippen LogP) is 3.27. The highest BCUT2D eigenvalue weighted by molar-refractivity contribution is 7.92. The lowest BCUT2D eigenvalue weighted by Gasteiger charge is -2.11. The van der Waals surface area contributed by atoms with E-state index in [0.29, 0.717) is 29.1 Å². The lowest BCUT2D eigenvalue weighted by molar-refractivity contribution is -0.121. The fraction of sp³-hybridized carbons (Fsp3) is 0.278. The average molecular weight is 381 g/mol. The Hall–Kier alpha value is -2.05. The molecule has 0 unspecified atom stereocenters. The Kier molecular flexibility index (Phi) is 6.45. The van der Waals surface area contributed by atoms with Gasteiger partial charge < -0.3 is 5.32 Å². The molecule has 0 aliphatic heterocycles. The van der Waals surface area contributed by atoms with Gasteiger partial charge in [-0.05, 0) is 42.2 Å². The van der Waals surface area contributed by atoms with Crippen LogP contribution in [0, 0.1) is 6.92 Å². The number of carbonyl (C=O) groups excluding carboxylic acids is 1. The number of halogens is 1. The molecule has 0 spiro atoms. The van der Waals surface area contributed by atoms with Crippen molar-refractivity contribution in [3.63, 3.8) is 0 Å². The first-order valence-corrected chi connectivity index (χ1v) is 10.1. The number of sulfonamides is 1. The van der Waals surface area contributed by atoms with Crippen LogP contribution in [-0.4, -0.2) is 20.6 Å². The molecule has 5 nitrogen and oxygen atoms in total. The molecule has 0 fully saturated rings. The van der Waals surface area contributed by atoms with E-state index in [-0.39, 0.29) is 12.5 Å². The molecular formula is C18H21ClN2O3S. The van der Waals surface area contributed by atoms with Crippen molar-refractivity contribution < 1.29 is 13.2 Å². The van der Waals surface area contributed by atoms with E-state index in [1.165, 1.54) is 0 Å². The molecular weight excluding hydrogens is 360 g/mol. The topological polar surface area (TPSA) is 75.3 Å². The third-order valence-electron chi connectivity index (χ3n) is 3.67. The molecule has 0 heterocycles. The maximum atomic E-state index is 12.1. The number of para-hydroxylation sites is 1. The van der Waals surface area contributed by atoms with E-state index < -0.39 is 10.0 Å². The molecule has 0 aromatic heterocycles. The van der Waals surface area contributed by atoms with Crippen molar-refractivity contribution in [2.75, 3.05) is 11.0 Å². The summed E-state index contributed by atoms with van der Waals surface area (Å²) in [5.41, 5.74) is 3.19. The van der Waals surface area contributed by atoms with Gasteiger partial charge in [-0.2, -0.15) is 0 Å². The van der Waals surface area contributed by atoms with Crippen molar-refractivity contribution in [1.29, 1.82) is 0 Å². The minimum Gasteiger partial charge on any atom is -0.352 e. The number of benzene rings is 2. The minimum atomic E-state index is -3.37. The maximum Gasteiger partial charge on any atom is 0.229 e. The van der Waals surface area contributed by atoms with Crippen molar-refractivity contribution >= 4 is 33.2 Å². The largest absolute Gasteiger partial charge is 0.352 e. The van der Waals surface area contributed by atoms with E-state index in [2.05, 4.69) is 10.0 Å². The zero-order valence-electron chi connectivity index (χ0n) is 14.2. The smallest absolute Gasteiger partial charge is 0.229 e. The van der Waals surface area contributed by atoms with Crippen LogP contribution in [0.2, 0.25) is 5.02 Å². The van der Waals surface area contributed by atoms with Crippen LogP contribution in [0.15, 0.2) is 42.5 Å². The van der Waals surface area contributed by atoms with Crippen LogP contribution in [0.4, 0.5) is 5.69 Å². The van der Waals surface area contributed by atoms with E-state index in [1.54, 1.807) is 24.3 Å². The van der Waals surface area contributed by atoms with Gasteiger partial charge in [-0.1, -0.05) is 41.9 Å². The lowest BCUT2D eigenvalue weighted by atomic mass is 10.1. The number of amides is 1. The predicted molar refractivity (Wildman–Crippen MR) is 101 cm³/mol. The van der Waals surface area contributed by atoms with Crippen molar-refractivity contribution in [2.24, 2.45) is 0 Å². The summed E-state index contributed by atoms with van der Waals surface area (Å²) in [5, 5.41) is 3.51. The van der Waals surface area contributed by atoms with E-state index in [4.69, 9.17) is 11.6 Å². The van der Waals surface area contributed by atoms with Gasteiger partial charge in [0.25, 0.3) is 0 Å². The van der Waals surface area contributed by atoms with Gasteiger partial charge >= 0.3 is 0 Å². The van der Waals surface area contributed by atoms with E-state index in [9.17, 15) is 13.2 Å². The number of hydrogen-bond acceptors (Lipinski definition) is 3. The van der Waals surface area contributed by atoms with Crippen LogP contribution in [0.3, 0.4) is 0 Å². The Balaban J connectivity index is 1.91. The minimum absolute atomic E-state index is 0.106. The van der Waals surface area contributed by atoms with Gasteiger partial charge in [-0.3, -0.25) is 9.52 Å². The zero-order chi connectivity index (χ0) is 18.4. The summed E-state index contributed by atoms with van der Waals surface area (Å²) in [6, 6.07) is 12.7. The van der Waals surface area contributed by atoms with Crippen molar-refractivity contribution in [3.8, 4) is 0 Å². The number of carbonyl (C=O) groups is 1. The lowest BCUT2D eigenvalue weighted by Crippen LogP contribution is -2.24. The first-order valence-electron chi connectivity index (χ1n) is 7.82. The number of hydrogen-bond donors (Lipinski definition) is 2. The van der Waals surface area contributed by atoms with Gasteiger partial charge in [0.05, 0.1) is 11.9 Å². The van der Waals surface area contributed by atoms with Crippen LogP contribution in [0.1, 0.15) is 23.1 Å². The summed E-state index contributed by atoms with van der Waals surface area (Å²) < 4.78 is 25.2. The third kappa shape index (κ3) is 6.40. The second-order valence-electron chi connectivity index (χ2n) is 5.89. The first-order chi connectivity index (χ1) is 11.7. The van der Waals surface area contributed by atoms with Gasteiger partial charge in [-0.25, -0.2) is 8.42 Å². The molecule has 2 N–H and O–H groups in total. The number of nitrogens with one attached hydrogen (secondary N) is 2. The molecule has 2 rings (SSSR count). The van der Waals surface area contributed by atoms with Crippen LogP contribution in [-0.2, 0) is 27.8 Å². The Morgan fingerprint density at radius 3 is 2.56 bits per heavy atom. The molecule has 0 saturated carbocycles. The van der Waals surface area contributed by atoms with Crippen molar-refractivity contribution in [1.82, 2.24) is 5.32 Å². The summed E-state index contributed by atoms with van der Waals surface area (Å²) in [6.45, 7) is 2.19. The molecule has 0 bridgehead atoms. The molecule has 0 aliphatic carbocycles. The second kappa shape index (κ2) is 8.36. The monoisotopic (exact) mass is 380 g/mol. The highest BCUT2D eigenvalue weighted by Crippen LogP contribution is 2.18. The summed E-state index contributed by atoms with van der Waals surface area (Å²) in [7, 11) is -3.37. The Morgan fingerprint density at radius 2 is 1.88 bits per heavy atom. The summed E-state index contributed by atoms with van der Waals surface area (Å²) in [6.07, 6.45) is 2.02. The highest BCUT2D eigenvalue weighted by atomic mass is 35.5. The standard InChI is InChI=1S/C18H21ClN2O3S/c1-13-7-8-14(11-16(13)19)9-10-18(22)20-12-15-5-3-4-6-17(15)21-25(2,23)24/h3-8,11,21H,9-10,12H2,1-2H3,(H,20,22). The summed E-state index contributed by atoms with van der Waals surface area (Å²) >= 11 is 6.08. The Bertz CT molecular complexity index is 866. The van der Waals surface area contributed by atoms with Crippen molar-refractivity contribution in [3.05, 3.63) is 64.2 Å². The molecule has 2 aromatic rings. The zero-order valence-corrected chi connectivity index (χ0v) is 15.7. The second-order valence-corrected chi connectivity index (χ2v) is 8.05. The summed E-state index contributed by atoms with van der Waals surface area (Å²) in [4.78, 5) is 12.1. The van der Waals surface area contributed by atoms with E-state index >= 15 is 0 Å². The number of rotatable bonds is 7. The van der Waals surface area contributed by atoms with Crippen LogP contribution < -0.4 is 10.0 Å². The van der Waals surface area contributed by atoms with Gasteiger partial charge in [-0.15, -0.1) is 0 Å². The maximum absolute atomic E-state index is 12.1. The Labute approximate surface area is 153 Å². The quantitative estimate of drug-likeness (QED) is 0.774. The molecule has 0 atom stereocenters. The molecule has 1 amide bonds. The molecule has 7 heteroatoms. The first kappa shape index (κ1) is 19.3. The van der Waals surface area contributed by atoms with Crippen molar-refractivity contribution in [2.45, 2.75) is 26.3 Å². The molecule has 25 heavy (non-hydrogen) atoms. The Morgan fingerprint density at radius 1 is 1.16 bits per heavy atom. The normalized spacial score (nSPS) is 11.2. The molecule has 0 radical (unpaired) electrons. The number of aryl methyl sites for hydroxylation is 2. The van der Waals surface area contributed by atoms with Crippen LogP contribution in [0.5, 0.6) is 0 Å². The molecule has 134 valence electrons. The average Bonchev–Trinajstić information content (AvgIpc) is 2.54. The van der Waals surface area contributed by atoms with Gasteiger partial charge in [0.2, 0.25) is 15.9 Å². The third-order valence-corrected chi connectivity index (χ3v) is 4.66. The van der Waals surface area contributed by atoms with E-state index in [0.717, 1.165) is 17.4 Å². The van der Waals surface area contributed by atoms with Gasteiger partial charge in [0, 0.05) is 18.0 Å². The molecule has 2 aromatic carbocycles.